The van der Waals surface area contributed by atoms with Gasteiger partial charge in [-0.2, -0.15) is 0 Å². The number of amides is 2. The number of hydrogen-bond donors (Lipinski definition) is 2. The van der Waals surface area contributed by atoms with Crippen LogP contribution in [0.2, 0.25) is 10.0 Å². The van der Waals surface area contributed by atoms with Crippen molar-refractivity contribution in [2.75, 3.05) is 11.9 Å². The van der Waals surface area contributed by atoms with Crippen LogP contribution in [0.25, 0.3) is 0 Å². The Hall–Kier alpha value is -2.68. The maximum atomic E-state index is 14.3. The van der Waals surface area contributed by atoms with Gasteiger partial charge in [-0.05, 0) is 44.9 Å². The van der Waals surface area contributed by atoms with E-state index in [9.17, 15) is 14.0 Å². The summed E-state index contributed by atoms with van der Waals surface area (Å²) in [4.78, 5) is 32.1. The molecule has 1 saturated heterocycles. The number of benzene rings is 2. The van der Waals surface area contributed by atoms with E-state index in [1.54, 1.807) is 30.0 Å². The first-order valence-corrected chi connectivity index (χ1v) is 11.7. The Bertz CT molecular complexity index is 1170. The lowest BCUT2D eigenvalue weighted by molar-refractivity contribution is -0.133. The predicted octanol–water partition coefficient (Wildman–Crippen LogP) is 4.71. The molecule has 180 valence electrons. The van der Waals surface area contributed by atoms with E-state index >= 15 is 0 Å². The lowest BCUT2D eigenvalue weighted by Gasteiger charge is -2.41. The largest absolute Gasteiger partial charge is 0.378 e. The summed E-state index contributed by atoms with van der Waals surface area (Å²) in [5.41, 5.74) is 5.82. The number of guanidine groups is 1. The molecule has 0 bridgehead atoms. The van der Waals surface area contributed by atoms with Gasteiger partial charge in [-0.15, -0.1) is 0 Å². The SMILES string of the molecule is C[C@@H]1C[C@H](N2C(=O)C[C@@](C)(c3cccc(NC(=O)c4cccc(Cl)c4F)c3Cl)N=C2N)CCO1. The van der Waals surface area contributed by atoms with Crippen LogP contribution >= 0.6 is 23.2 Å². The maximum Gasteiger partial charge on any atom is 0.258 e. The van der Waals surface area contributed by atoms with Gasteiger partial charge in [0, 0.05) is 18.2 Å². The van der Waals surface area contributed by atoms with E-state index in [1.807, 2.05) is 6.92 Å². The molecule has 7 nitrogen and oxygen atoms in total. The monoisotopic (exact) mass is 506 g/mol. The Morgan fingerprint density at radius 3 is 2.74 bits per heavy atom. The zero-order chi connectivity index (χ0) is 24.6. The van der Waals surface area contributed by atoms with Crippen molar-refractivity contribution in [3.8, 4) is 0 Å². The first-order valence-electron chi connectivity index (χ1n) is 10.9. The lowest BCUT2D eigenvalue weighted by atomic mass is 9.86. The van der Waals surface area contributed by atoms with Crippen LogP contribution in [0, 0.1) is 5.82 Å². The molecule has 0 radical (unpaired) electrons. The summed E-state index contributed by atoms with van der Waals surface area (Å²) in [5, 5.41) is 2.66. The standard InChI is InChI=1S/C24H25Cl2FN4O3/c1-13-11-14(9-10-34-13)31-19(32)12-24(2,30-23(31)28)16-6-4-8-18(20(16)26)29-22(33)15-5-3-7-17(25)21(15)27/h3-8,13-14H,9-12H2,1-2H3,(H2,28,30)(H,29,33)/t13-,14-,24+/m1/s1. The summed E-state index contributed by atoms with van der Waals surface area (Å²) in [6, 6.07) is 9.09. The topological polar surface area (TPSA) is 97.0 Å². The number of carbonyl (C=O) groups is 2. The summed E-state index contributed by atoms with van der Waals surface area (Å²) >= 11 is 12.4. The average Bonchev–Trinajstić information content (AvgIpc) is 2.76. The highest BCUT2D eigenvalue weighted by atomic mass is 35.5. The van der Waals surface area contributed by atoms with Crippen molar-refractivity contribution >= 4 is 46.7 Å². The highest BCUT2D eigenvalue weighted by molar-refractivity contribution is 6.35. The second-order valence-corrected chi connectivity index (χ2v) is 9.55. The van der Waals surface area contributed by atoms with Gasteiger partial charge in [-0.3, -0.25) is 14.5 Å². The molecule has 3 atom stereocenters. The Morgan fingerprint density at radius 1 is 1.29 bits per heavy atom. The molecule has 2 aliphatic rings. The number of nitrogens with two attached hydrogens (primary N) is 1. The Kier molecular flexibility index (Phi) is 6.85. The molecule has 3 N–H and O–H groups in total. The van der Waals surface area contributed by atoms with Crippen molar-refractivity contribution < 1.29 is 18.7 Å². The van der Waals surface area contributed by atoms with Gasteiger partial charge in [0.05, 0.1) is 39.4 Å². The van der Waals surface area contributed by atoms with E-state index in [4.69, 9.17) is 33.7 Å². The van der Waals surface area contributed by atoms with E-state index in [1.165, 1.54) is 18.2 Å². The smallest absolute Gasteiger partial charge is 0.258 e. The minimum absolute atomic E-state index is 0.0340. The Balaban J connectivity index is 1.62. The van der Waals surface area contributed by atoms with Crippen LogP contribution in [0.3, 0.4) is 0 Å². The Labute approximate surface area is 207 Å². The fourth-order valence-electron chi connectivity index (χ4n) is 4.52. The molecule has 2 aromatic carbocycles. The molecule has 2 amide bonds. The van der Waals surface area contributed by atoms with Crippen molar-refractivity contribution in [2.45, 2.75) is 50.8 Å². The summed E-state index contributed by atoms with van der Waals surface area (Å²) in [6.07, 6.45) is 1.46. The fraction of sp³-hybridized carbons (Fsp3) is 0.375. The van der Waals surface area contributed by atoms with Gasteiger partial charge in [-0.25, -0.2) is 9.38 Å². The second kappa shape index (κ2) is 9.52. The van der Waals surface area contributed by atoms with Gasteiger partial charge < -0.3 is 15.8 Å². The quantitative estimate of drug-likeness (QED) is 0.626. The van der Waals surface area contributed by atoms with Gasteiger partial charge in [0.1, 0.15) is 0 Å². The first-order chi connectivity index (χ1) is 16.1. The molecule has 2 aromatic rings. The number of carbonyl (C=O) groups excluding carboxylic acids is 2. The average molecular weight is 507 g/mol. The van der Waals surface area contributed by atoms with E-state index in [0.29, 0.717) is 25.0 Å². The molecule has 2 aliphatic heterocycles. The highest BCUT2D eigenvalue weighted by Gasteiger charge is 2.42. The van der Waals surface area contributed by atoms with E-state index in [2.05, 4.69) is 10.3 Å². The third-order valence-electron chi connectivity index (χ3n) is 6.22. The molecule has 34 heavy (non-hydrogen) atoms. The second-order valence-electron chi connectivity index (χ2n) is 8.77. The van der Waals surface area contributed by atoms with Crippen molar-refractivity contribution in [2.24, 2.45) is 10.7 Å². The van der Waals surface area contributed by atoms with E-state index in [0.717, 1.165) is 0 Å². The molecule has 0 spiro atoms. The van der Waals surface area contributed by atoms with E-state index in [-0.39, 0.29) is 51.7 Å². The zero-order valence-electron chi connectivity index (χ0n) is 18.8. The van der Waals surface area contributed by atoms with Crippen LogP contribution in [0.4, 0.5) is 10.1 Å². The summed E-state index contributed by atoms with van der Waals surface area (Å²) in [5.74, 6) is -1.55. The van der Waals surface area contributed by atoms with Crippen molar-refractivity contribution in [1.29, 1.82) is 0 Å². The number of ether oxygens (including phenoxy) is 1. The lowest BCUT2D eigenvalue weighted by Crippen LogP contribution is -2.56. The minimum Gasteiger partial charge on any atom is -0.378 e. The summed E-state index contributed by atoms with van der Waals surface area (Å²) in [6.45, 7) is 4.29. The van der Waals surface area contributed by atoms with E-state index < -0.39 is 17.3 Å². The minimum atomic E-state index is -1.03. The molecule has 2 heterocycles. The molecule has 0 aliphatic carbocycles. The van der Waals surface area contributed by atoms with Gasteiger partial charge in [0.25, 0.3) is 5.91 Å². The van der Waals surface area contributed by atoms with Gasteiger partial charge in [-0.1, -0.05) is 41.4 Å². The van der Waals surface area contributed by atoms with Gasteiger partial charge in [0.15, 0.2) is 11.8 Å². The van der Waals surface area contributed by atoms with Crippen LogP contribution in [-0.4, -0.2) is 41.4 Å². The molecule has 10 heteroatoms. The van der Waals surface area contributed by atoms with Crippen LogP contribution in [0.5, 0.6) is 0 Å². The predicted molar refractivity (Wildman–Crippen MR) is 130 cm³/mol. The molecule has 0 aromatic heterocycles. The number of nitrogens with zero attached hydrogens (tertiary/aromatic N) is 2. The number of rotatable bonds is 4. The van der Waals surface area contributed by atoms with Crippen molar-refractivity contribution in [3.05, 3.63) is 63.4 Å². The molecule has 4 rings (SSSR count). The van der Waals surface area contributed by atoms with Crippen LogP contribution in [0.1, 0.15) is 49.0 Å². The van der Waals surface area contributed by atoms with Crippen molar-refractivity contribution in [3.63, 3.8) is 0 Å². The zero-order valence-corrected chi connectivity index (χ0v) is 20.3. The first kappa shape index (κ1) is 24.4. The number of hydrogen-bond acceptors (Lipinski definition) is 5. The summed E-state index contributed by atoms with van der Waals surface area (Å²) in [7, 11) is 0. The van der Waals surface area contributed by atoms with Gasteiger partial charge in [0.2, 0.25) is 5.91 Å². The molecule has 0 unspecified atom stereocenters. The molecular formula is C24H25Cl2FN4O3. The van der Waals surface area contributed by atoms with Crippen LogP contribution < -0.4 is 11.1 Å². The number of nitrogens with one attached hydrogen (secondary N) is 1. The van der Waals surface area contributed by atoms with Crippen LogP contribution in [0.15, 0.2) is 41.4 Å². The third kappa shape index (κ3) is 4.62. The molecule has 0 saturated carbocycles. The number of anilines is 1. The third-order valence-corrected chi connectivity index (χ3v) is 6.92. The normalized spacial score (nSPS) is 25.1. The molecular weight excluding hydrogens is 482 g/mol. The molecule has 1 fully saturated rings. The van der Waals surface area contributed by atoms with Gasteiger partial charge >= 0.3 is 0 Å². The number of halogens is 3. The fourth-order valence-corrected chi connectivity index (χ4v) is 5.07. The number of aliphatic imine (C=N–C) groups is 1. The van der Waals surface area contributed by atoms with Crippen molar-refractivity contribution in [1.82, 2.24) is 4.90 Å². The maximum absolute atomic E-state index is 14.3. The highest BCUT2D eigenvalue weighted by Crippen LogP contribution is 2.41. The summed E-state index contributed by atoms with van der Waals surface area (Å²) < 4.78 is 19.9. The van der Waals surface area contributed by atoms with Crippen LogP contribution in [-0.2, 0) is 15.1 Å². The Morgan fingerprint density at radius 2 is 2.03 bits per heavy atom.